The SMILES string of the molecule is CN(C)C(=O)c1cc2ccccc2oc1=O. The van der Waals surface area contributed by atoms with Gasteiger partial charge in [-0.3, -0.25) is 4.79 Å². The van der Waals surface area contributed by atoms with E-state index in [9.17, 15) is 9.59 Å². The van der Waals surface area contributed by atoms with Gasteiger partial charge >= 0.3 is 5.63 Å². The van der Waals surface area contributed by atoms with Crippen molar-refractivity contribution in [2.24, 2.45) is 0 Å². The van der Waals surface area contributed by atoms with Gasteiger partial charge in [-0.25, -0.2) is 4.79 Å². The fraction of sp³-hybridized carbons (Fsp3) is 0.167. The van der Waals surface area contributed by atoms with Gasteiger partial charge in [0, 0.05) is 19.5 Å². The maximum atomic E-state index is 11.7. The summed E-state index contributed by atoms with van der Waals surface area (Å²) in [5.41, 5.74) is -0.0519. The van der Waals surface area contributed by atoms with Crippen molar-refractivity contribution >= 4 is 16.9 Å². The Bertz CT molecular complexity index is 598. The van der Waals surface area contributed by atoms with Crippen molar-refractivity contribution in [3.05, 3.63) is 46.3 Å². The van der Waals surface area contributed by atoms with Crippen molar-refractivity contribution in [1.29, 1.82) is 0 Å². The van der Waals surface area contributed by atoms with Crippen molar-refractivity contribution in [2.75, 3.05) is 14.1 Å². The summed E-state index contributed by atoms with van der Waals surface area (Å²) in [4.78, 5) is 24.6. The highest BCUT2D eigenvalue weighted by Crippen LogP contribution is 2.12. The summed E-state index contributed by atoms with van der Waals surface area (Å²) in [5.74, 6) is -0.348. The Kier molecular flexibility index (Phi) is 2.48. The van der Waals surface area contributed by atoms with Crippen molar-refractivity contribution in [2.45, 2.75) is 0 Å². The predicted octanol–water partition coefficient (Wildman–Crippen LogP) is 1.49. The Hall–Kier alpha value is -2.10. The summed E-state index contributed by atoms with van der Waals surface area (Å²) in [6.07, 6.45) is 0. The molecule has 1 heterocycles. The molecule has 1 aromatic heterocycles. The van der Waals surface area contributed by atoms with Crippen LogP contribution in [0.1, 0.15) is 10.4 Å². The fourth-order valence-corrected chi connectivity index (χ4v) is 1.45. The summed E-state index contributed by atoms with van der Waals surface area (Å²) in [6, 6.07) is 8.65. The van der Waals surface area contributed by atoms with Crippen LogP contribution in [0.5, 0.6) is 0 Å². The number of carbonyl (C=O) groups excluding carboxylic acids is 1. The summed E-state index contributed by atoms with van der Waals surface area (Å²) in [6.45, 7) is 0. The Morgan fingerprint density at radius 1 is 1.25 bits per heavy atom. The maximum Gasteiger partial charge on any atom is 0.349 e. The predicted molar refractivity (Wildman–Crippen MR) is 60.5 cm³/mol. The topological polar surface area (TPSA) is 50.5 Å². The van der Waals surface area contributed by atoms with Gasteiger partial charge in [0.1, 0.15) is 11.1 Å². The van der Waals surface area contributed by atoms with Crippen molar-refractivity contribution in [3.8, 4) is 0 Å². The molecule has 16 heavy (non-hydrogen) atoms. The van der Waals surface area contributed by atoms with Gasteiger partial charge in [0.2, 0.25) is 0 Å². The van der Waals surface area contributed by atoms with E-state index in [1.807, 2.05) is 6.07 Å². The molecule has 2 aromatic rings. The molecule has 1 aromatic carbocycles. The van der Waals surface area contributed by atoms with Crippen molar-refractivity contribution < 1.29 is 9.21 Å². The average Bonchev–Trinajstić information content (AvgIpc) is 2.27. The highest BCUT2D eigenvalue weighted by Gasteiger charge is 2.14. The number of fused-ring (bicyclic) bond motifs is 1. The van der Waals surface area contributed by atoms with Gasteiger partial charge in [-0.05, 0) is 12.1 Å². The second-order valence-electron chi connectivity index (χ2n) is 3.68. The molecule has 0 fully saturated rings. The summed E-state index contributed by atoms with van der Waals surface area (Å²) in [5, 5.41) is 0.743. The molecular weight excluding hydrogens is 206 g/mol. The summed E-state index contributed by atoms with van der Waals surface area (Å²) in [7, 11) is 3.19. The zero-order chi connectivity index (χ0) is 11.7. The molecule has 0 radical (unpaired) electrons. The van der Waals surface area contributed by atoms with Gasteiger partial charge in [0.25, 0.3) is 5.91 Å². The minimum absolute atomic E-state index is 0.0590. The van der Waals surface area contributed by atoms with E-state index in [2.05, 4.69) is 0 Å². The van der Waals surface area contributed by atoms with E-state index in [0.29, 0.717) is 5.58 Å². The molecule has 1 amide bonds. The zero-order valence-electron chi connectivity index (χ0n) is 9.06. The van der Waals surface area contributed by atoms with Gasteiger partial charge in [-0.15, -0.1) is 0 Å². The lowest BCUT2D eigenvalue weighted by atomic mass is 10.2. The van der Waals surface area contributed by atoms with E-state index in [1.165, 1.54) is 4.90 Å². The van der Waals surface area contributed by atoms with Crippen molar-refractivity contribution in [1.82, 2.24) is 4.90 Å². The van der Waals surface area contributed by atoms with E-state index < -0.39 is 5.63 Å². The monoisotopic (exact) mass is 217 g/mol. The Labute approximate surface area is 92.1 Å². The van der Waals surface area contributed by atoms with Gasteiger partial charge in [0.15, 0.2) is 0 Å². The number of rotatable bonds is 1. The average molecular weight is 217 g/mol. The van der Waals surface area contributed by atoms with Crippen LogP contribution in [0.2, 0.25) is 0 Å². The molecule has 82 valence electrons. The van der Waals surface area contributed by atoms with E-state index in [-0.39, 0.29) is 11.5 Å². The third-order valence-electron chi connectivity index (χ3n) is 2.28. The van der Waals surface area contributed by atoms with Crippen molar-refractivity contribution in [3.63, 3.8) is 0 Å². The molecule has 0 N–H and O–H groups in total. The van der Waals surface area contributed by atoms with Crippen LogP contribution < -0.4 is 5.63 Å². The third-order valence-corrected chi connectivity index (χ3v) is 2.28. The quantitative estimate of drug-likeness (QED) is 0.680. The number of amides is 1. The molecule has 0 aliphatic heterocycles. The Morgan fingerprint density at radius 3 is 2.62 bits per heavy atom. The van der Waals surface area contributed by atoms with Crippen LogP contribution in [0.15, 0.2) is 39.5 Å². The molecule has 4 nitrogen and oxygen atoms in total. The highest BCUT2D eigenvalue weighted by atomic mass is 16.4. The van der Waals surface area contributed by atoms with E-state index in [0.717, 1.165) is 5.39 Å². The number of carbonyl (C=O) groups is 1. The van der Waals surface area contributed by atoms with E-state index in [1.54, 1.807) is 38.4 Å². The highest BCUT2D eigenvalue weighted by molar-refractivity contribution is 5.96. The smallest absolute Gasteiger partial charge is 0.349 e. The van der Waals surface area contributed by atoms with E-state index in [4.69, 9.17) is 4.42 Å². The molecule has 0 aliphatic carbocycles. The largest absolute Gasteiger partial charge is 0.422 e. The molecule has 0 atom stereocenters. The second-order valence-corrected chi connectivity index (χ2v) is 3.68. The molecule has 0 spiro atoms. The molecule has 0 bridgehead atoms. The first-order valence-electron chi connectivity index (χ1n) is 4.84. The van der Waals surface area contributed by atoms with Crippen LogP contribution in [0.3, 0.4) is 0 Å². The number of hydrogen-bond donors (Lipinski definition) is 0. The number of nitrogens with zero attached hydrogens (tertiary/aromatic N) is 1. The molecule has 0 aliphatic rings. The lowest BCUT2D eigenvalue weighted by Crippen LogP contribution is -2.27. The molecule has 2 rings (SSSR count). The summed E-state index contributed by atoms with van der Waals surface area (Å²) >= 11 is 0. The van der Waals surface area contributed by atoms with Crippen LogP contribution in [-0.4, -0.2) is 24.9 Å². The Morgan fingerprint density at radius 2 is 1.94 bits per heavy atom. The van der Waals surface area contributed by atoms with Crippen LogP contribution in [0.25, 0.3) is 11.0 Å². The molecular formula is C12H11NO3. The van der Waals surface area contributed by atoms with E-state index >= 15 is 0 Å². The minimum atomic E-state index is -0.600. The normalized spacial score (nSPS) is 10.4. The van der Waals surface area contributed by atoms with Gasteiger partial charge in [-0.2, -0.15) is 0 Å². The van der Waals surface area contributed by atoms with Crippen LogP contribution in [0.4, 0.5) is 0 Å². The van der Waals surface area contributed by atoms with Gasteiger partial charge < -0.3 is 9.32 Å². The van der Waals surface area contributed by atoms with Crippen LogP contribution >= 0.6 is 0 Å². The second kappa shape index (κ2) is 3.81. The van der Waals surface area contributed by atoms with Crippen LogP contribution in [0, 0.1) is 0 Å². The molecule has 0 saturated carbocycles. The summed E-state index contributed by atoms with van der Waals surface area (Å²) < 4.78 is 5.06. The first-order valence-corrected chi connectivity index (χ1v) is 4.84. The lowest BCUT2D eigenvalue weighted by molar-refractivity contribution is 0.0823. The first kappa shape index (κ1) is 10.4. The van der Waals surface area contributed by atoms with Gasteiger partial charge in [0.05, 0.1) is 0 Å². The number of para-hydroxylation sites is 1. The number of benzene rings is 1. The standard InChI is InChI=1S/C12H11NO3/c1-13(2)11(14)9-7-8-5-3-4-6-10(8)16-12(9)15/h3-7H,1-2H3. The first-order chi connectivity index (χ1) is 7.59. The van der Waals surface area contributed by atoms with Crippen LogP contribution in [-0.2, 0) is 0 Å². The number of hydrogen-bond acceptors (Lipinski definition) is 3. The maximum absolute atomic E-state index is 11.7. The molecule has 0 saturated heterocycles. The Balaban J connectivity index is 2.68. The molecule has 4 heteroatoms. The zero-order valence-corrected chi connectivity index (χ0v) is 9.06. The fourth-order valence-electron chi connectivity index (χ4n) is 1.45. The van der Waals surface area contributed by atoms with Gasteiger partial charge in [-0.1, -0.05) is 18.2 Å². The molecule has 0 unspecified atom stereocenters. The lowest BCUT2D eigenvalue weighted by Gasteiger charge is -2.09. The minimum Gasteiger partial charge on any atom is -0.422 e. The third kappa shape index (κ3) is 1.69.